The quantitative estimate of drug-likeness (QED) is 0.439. The average Bonchev–Trinajstić information content (AvgIpc) is 2.01. The largest absolute Gasteiger partial charge is 0.463 e. The zero-order valence-electron chi connectivity index (χ0n) is 6.71. The van der Waals surface area contributed by atoms with Gasteiger partial charge in [0.05, 0.1) is 19.6 Å². The van der Waals surface area contributed by atoms with Crippen molar-refractivity contribution < 1.29 is 19.4 Å². The number of hydrogen-bond acceptors (Lipinski definition) is 4. The average molecular weight is 162 g/mol. The topological polar surface area (TPSA) is 55.8 Å². The van der Waals surface area contributed by atoms with Crippen LogP contribution in [0.5, 0.6) is 0 Å². The van der Waals surface area contributed by atoms with Crippen molar-refractivity contribution in [1.29, 1.82) is 0 Å². The number of aliphatic hydroxyl groups is 1. The molecule has 0 radical (unpaired) electrons. The van der Waals surface area contributed by atoms with Crippen LogP contribution in [-0.2, 0) is 14.3 Å². The van der Waals surface area contributed by atoms with Gasteiger partial charge in [-0.15, -0.1) is 0 Å². The Labute approximate surface area is 66.1 Å². The Morgan fingerprint density at radius 1 is 1.45 bits per heavy atom. The monoisotopic (exact) mass is 162 g/mol. The van der Waals surface area contributed by atoms with Gasteiger partial charge in [-0.05, 0) is 6.92 Å². The molecule has 4 heteroatoms. The van der Waals surface area contributed by atoms with Gasteiger partial charge in [0.15, 0.2) is 0 Å². The van der Waals surface area contributed by atoms with E-state index >= 15 is 0 Å². The van der Waals surface area contributed by atoms with E-state index in [-0.39, 0.29) is 25.6 Å². The van der Waals surface area contributed by atoms with Crippen molar-refractivity contribution in [3.05, 3.63) is 0 Å². The van der Waals surface area contributed by atoms with Gasteiger partial charge in [0.25, 0.3) is 0 Å². The van der Waals surface area contributed by atoms with E-state index in [1.165, 1.54) is 0 Å². The summed E-state index contributed by atoms with van der Waals surface area (Å²) in [6.45, 7) is 2.80. The van der Waals surface area contributed by atoms with Gasteiger partial charge >= 0.3 is 5.97 Å². The Balaban J connectivity index is 3.09. The molecule has 0 aromatic heterocycles. The highest BCUT2D eigenvalue weighted by molar-refractivity contribution is 5.69. The smallest absolute Gasteiger partial charge is 0.308 e. The van der Waals surface area contributed by atoms with E-state index in [2.05, 4.69) is 4.74 Å². The fourth-order valence-corrected chi connectivity index (χ4v) is 0.531. The molecule has 0 aromatic rings. The highest BCUT2D eigenvalue weighted by atomic mass is 16.5. The summed E-state index contributed by atoms with van der Waals surface area (Å²) < 4.78 is 9.49. The molecule has 4 nitrogen and oxygen atoms in total. The van der Waals surface area contributed by atoms with Crippen molar-refractivity contribution in [1.82, 2.24) is 0 Å². The lowest BCUT2D eigenvalue weighted by atomic mass is 10.5. The van der Waals surface area contributed by atoms with Crippen molar-refractivity contribution in [3.8, 4) is 0 Å². The molecule has 66 valence electrons. The minimum absolute atomic E-state index is 0.0744. The molecule has 1 N–H and O–H groups in total. The van der Waals surface area contributed by atoms with Crippen molar-refractivity contribution in [2.45, 2.75) is 13.3 Å². The van der Waals surface area contributed by atoms with Crippen molar-refractivity contribution >= 4 is 5.97 Å². The predicted octanol–water partition coefficient (Wildman–Crippen LogP) is -0.0515. The van der Waals surface area contributed by atoms with Crippen LogP contribution < -0.4 is 0 Å². The third-order valence-electron chi connectivity index (χ3n) is 1.01. The molecule has 0 amide bonds. The van der Waals surface area contributed by atoms with Gasteiger partial charge in [-0.3, -0.25) is 4.79 Å². The zero-order valence-corrected chi connectivity index (χ0v) is 6.71. The van der Waals surface area contributed by atoms with E-state index in [4.69, 9.17) is 9.84 Å². The maximum absolute atomic E-state index is 10.7. The number of ether oxygens (including phenoxy) is 2. The normalized spacial score (nSPS) is 9.64. The fraction of sp³-hybridized carbons (Fsp3) is 0.857. The van der Waals surface area contributed by atoms with E-state index in [0.29, 0.717) is 13.2 Å². The van der Waals surface area contributed by atoms with E-state index < -0.39 is 0 Å². The van der Waals surface area contributed by atoms with Gasteiger partial charge in [-0.2, -0.15) is 0 Å². The summed E-state index contributed by atoms with van der Waals surface area (Å²) in [4.78, 5) is 10.7. The highest BCUT2D eigenvalue weighted by Crippen LogP contribution is 1.87. The minimum atomic E-state index is -0.326. The molecule has 0 unspecified atom stereocenters. The summed E-state index contributed by atoms with van der Waals surface area (Å²) in [5.74, 6) is -0.326. The maximum atomic E-state index is 10.7. The number of hydrogen-bond donors (Lipinski definition) is 1. The lowest BCUT2D eigenvalue weighted by Crippen LogP contribution is -2.10. The Morgan fingerprint density at radius 2 is 2.18 bits per heavy atom. The molecule has 0 spiro atoms. The number of aliphatic hydroxyl groups excluding tert-OH is 1. The van der Waals surface area contributed by atoms with E-state index in [1.54, 1.807) is 0 Å². The van der Waals surface area contributed by atoms with Crippen LogP contribution in [0.25, 0.3) is 0 Å². The first-order valence-electron chi connectivity index (χ1n) is 3.65. The van der Waals surface area contributed by atoms with Gasteiger partial charge in [-0.25, -0.2) is 0 Å². The fourth-order valence-electron chi connectivity index (χ4n) is 0.531. The Morgan fingerprint density at radius 3 is 2.73 bits per heavy atom. The Bertz CT molecular complexity index is 103. The van der Waals surface area contributed by atoms with Crippen LogP contribution in [0.2, 0.25) is 0 Å². The molecule has 0 aliphatic rings. The highest BCUT2D eigenvalue weighted by Gasteiger charge is 2.00. The molecule has 11 heavy (non-hydrogen) atoms. The number of esters is 1. The molecule has 0 rings (SSSR count). The van der Waals surface area contributed by atoms with Gasteiger partial charge in [0.2, 0.25) is 0 Å². The summed E-state index contributed by atoms with van der Waals surface area (Å²) in [6.07, 6.45) is 0.258. The molecule has 0 saturated heterocycles. The second-order valence-corrected chi connectivity index (χ2v) is 1.89. The summed E-state index contributed by atoms with van der Waals surface area (Å²) in [5, 5.41) is 8.28. The van der Waals surface area contributed by atoms with Crippen LogP contribution in [0.1, 0.15) is 13.3 Å². The van der Waals surface area contributed by atoms with Crippen LogP contribution in [0.4, 0.5) is 0 Å². The first-order chi connectivity index (χ1) is 5.31. The summed E-state index contributed by atoms with van der Waals surface area (Å²) in [7, 11) is 0. The molecule has 0 aliphatic carbocycles. The molecule has 0 heterocycles. The van der Waals surface area contributed by atoms with Crippen LogP contribution in [0.15, 0.2) is 0 Å². The molecule has 0 bridgehead atoms. The number of carbonyl (C=O) groups excluding carboxylic acids is 1. The van der Waals surface area contributed by atoms with Gasteiger partial charge in [0.1, 0.15) is 6.61 Å². The zero-order chi connectivity index (χ0) is 8.53. The van der Waals surface area contributed by atoms with Crippen molar-refractivity contribution in [3.63, 3.8) is 0 Å². The summed E-state index contributed by atoms with van der Waals surface area (Å²) in [6, 6.07) is 0. The maximum Gasteiger partial charge on any atom is 0.308 e. The van der Waals surface area contributed by atoms with E-state index in [1.807, 2.05) is 6.92 Å². The first-order valence-corrected chi connectivity index (χ1v) is 3.65. The summed E-state index contributed by atoms with van der Waals surface area (Å²) >= 11 is 0. The third-order valence-corrected chi connectivity index (χ3v) is 1.01. The van der Waals surface area contributed by atoms with Crippen LogP contribution in [0.3, 0.4) is 0 Å². The van der Waals surface area contributed by atoms with Crippen molar-refractivity contribution in [2.75, 3.05) is 26.4 Å². The second-order valence-electron chi connectivity index (χ2n) is 1.89. The summed E-state index contributed by atoms with van der Waals surface area (Å²) in [5.41, 5.74) is 0. The predicted molar refractivity (Wildman–Crippen MR) is 39.2 cm³/mol. The van der Waals surface area contributed by atoms with E-state index in [0.717, 1.165) is 0 Å². The number of rotatable bonds is 6. The van der Waals surface area contributed by atoms with E-state index in [9.17, 15) is 4.79 Å². The van der Waals surface area contributed by atoms with Gasteiger partial charge < -0.3 is 14.6 Å². The first kappa shape index (κ1) is 10.4. The lowest BCUT2D eigenvalue weighted by molar-refractivity contribution is -0.145. The van der Waals surface area contributed by atoms with Crippen LogP contribution in [0, 0.1) is 0 Å². The molecule has 0 aromatic carbocycles. The molecule has 0 fully saturated rings. The molecular weight excluding hydrogens is 148 g/mol. The molecular formula is C7H14O4. The molecule has 0 aliphatic heterocycles. The van der Waals surface area contributed by atoms with Gasteiger partial charge in [0, 0.05) is 6.61 Å². The lowest BCUT2D eigenvalue weighted by Gasteiger charge is -2.01. The Kier molecular flexibility index (Phi) is 7.08. The van der Waals surface area contributed by atoms with Gasteiger partial charge in [-0.1, -0.05) is 0 Å². The van der Waals surface area contributed by atoms with Crippen LogP contribution >= 0.6 is 0 Å². The minimum Gasteiger partial charge on any atom is -0.463 e. The standard InChI is InChI=1S/C7H14O4/c1-2-10-5-3-7(9)11-6-4-8/h8H,2-6H2,1H3. The van der Waals surface area contributed by atoms with Crippen molar-refractivity contribution in [2.24, 2.45) is 0 Å². The molecule has 0 saturated carbocycles. The number of carbonyl (C=O) groups is 1. The Hall–Kier alpha value is -0.610. The second kappa shape index (κ2) is 7.50. The van der Waals surface area contributed by atoms with Crippen LogP contribution in [-0.4, -0.2) is 37.5 Å². The third kappa shape index (κ3) is 7.29. The SMILES string of the molecule is CCOCCC(=O)OCCO. The molecule has 0 atom stereocenters.